The number of carboxylic acids is 1. The van der Waals surface area contributed by atoms with Crippen LogP contribution >= 0.6 is 11.8 Å². The monoisotopic (exact) mass is 175 g/mol. The SMILES string of the molecule is O=C(O)CCSC1=NCCO1. The molecule has 1 aliphatic rings. The van der Waals surface area contributed by atoms with Crippen molar-refractivity contribution < 1.29 is 14.6 Å². The van der Waals surface area contributed by atoms with Crippen LogP contribution in [0.4, 0.5) is 0 Å². The number of carboxylic acid groups (broad SMARTS) is 1. The zero-order chi connectivity index (χ0) is 8.10. The van der Waals surface area contributed by atoms with Crippen LogP contribution in [0.5, 0.6) is 0 Å². The van der Waals surface area contributed by atoms with Crippen molar-refractivity contribution in [3.8, 4) is 0 Å². The maximum absolute atomic E-state index is 10.1. The molecule has 62 valence electrons. The molecular formula is C6H9NO3S. The number of carbonyl (C=O) groups is 1. The van der Waals surface area contributed by atoms with Gasteiger partial charge in [0, 0.05) is 5.75 Å². The summed E-state index contributed by atoms with van der Waals surface area (Å²) in [6, 6.07) is 0. The van der Waals surface area contributed by atoms with Crippen LogP contribution in [-0.4, -0.2) is 35.2 Å². The average molecular weight is 175 g/mol. The van der Waals surface area contributed by atoms with Crippen LogP contribution in [0.1, 0.15) is 6.42 Å². The molecule has 0 saturated carbocycles. The van der Waals surface area contributed by atoms with Crippen LogP contribution in [0, 0.1) is 0 Å². The van der Waals surface area contributed by atoms with Gasteiger partial charge < -0.3 is 9.84 Å². The minimum atomic E-state index is -0.781. The van der Waals surface area contributed by atoms with E-state index in [9.17, 15) is 4.79 Å². The summed E-state index contributed by atoms with van der Waals surface area (Å²) in [5.41, 5.74) is 0. The highest BCUT2D eigenvalue weighted by atomic mass is 32.2. The molecule has 0 aromatic heterocycles. The molecule has 0 aliphatic carbocycles. The van der Waals surface area contributed by atoms with Crippen LogP contribution in [0.3, 0.4) is 0 Å². The molecule has 1 heterocycles. The lowest BCUT2D eigenvalue weighted by atomic mass is 10.5. The standard InChI is InChI=1S/C6H9NO3S/c8-5(9)1-4-11-6-7-2-3-10-6/h1-4H2,(H,8,9). The van der Waals surface area contributed by atoms with Crippen molar-refractivity contribution in [1.29, 1.82) is 0 Å². The van der Waals surface area contributed by atoms with E-state index >= 15 is 0 Å². The smallest absolute Gasteiger partial charge is 0.304 e. The van der Waals surface area contributed by atoms with E-state index in [0.717, 1.165) is 0 Å². The van der Waals surface area contributed by atoms with Crippen molar-refractivity contribution in [3.63, 3.8) is 0 Å². The molecule has 11 heavy (non-hydrogen) atoms. The molecule has 0 spiro atoms. The lowest BCUT2D eigenvalue weighted by Gasteiger charge is -1.97. The summed E-state index contributed by atoms with van der Waals surface area (Å²) in [4.78, 5) is 14.1. The van der Waals surface area contributed by atoms with Crippen LogP contribution in [0.2, 0.25) is 0 Å². The topological polar surface area (TPSA) is 58.9 Å². The fourth-order valence-electron chi connectivity index (χ4n) is 0.628. The molecule has 0 bridgehead atoms. The van der Waals surface area contributed by atoms with E-state index in [-0.39, 0.29) is 6.42 Å². The normalized spacial score (nSPS) is 15.8. The Hall–Kier alpha value is -0.710. The number of rotatable bonds is 3. The molecule has 4 nitrogen and oxygen atoms in total. The summed E-state index contributed by atoms with van der Waals surface area (Å²) in [5, 5.41) is 8.92. The molecule has 0 radical (unpaired) electrons. The van der Waals surface area contributed by atoms with Gasteiger partial charge in [0.15, 0.2) is 0 Å². The van der Waals surface area contributed by atoms with Gasteiger partial charge in [-0.3, -0.25) is 4.79 Å². The summed E-state index contributed by atoms with van der Waals surface area (Å²) < 4.78 is 5.05. The predicted molar refractivity (Wildman–Crippen MR) is 43.0 cm³/mol. The molecule has 0 aromatic carbocycles. The van der Waals surface area contributed by atoms with Gasteiger partial charge >= 0.3 is 5.97 Å². The van der Waals surface area contributed by atoms with E-state index < -0.39 is 5.97 Å². The number of aliphatic imine (C=N–C) groups is 1. The third-order valence-electron chi connectivity index (χ3n) is 1.10. The van der Waals surface area contributed by atoms with Gasteiger partial charge in [0.05, 0.1) is 13.0 Å². The summed E-state index contributed by atoms with van der Waals surface area (Å²) in [7, 11) is 0. The van der Waals surface area contributed by atoms with E-state index in [2.05, 4.69) is 4.99 Å². The van der Waals surface area contributed by atoms with Crippen molar-refractivity contribution >= 4 is 23.0 Å². The van der Waals surface area contributed by atoms with Gasteiger partial charge in [-0.1, -0.05) is 11.8 Å². The molecule has 0 aromatic rings. The molecular weight excluding hydrogens is 166 g/mol. The number of thioether (sulfide) groups is 1. The number of hydrogen-bond donors (Lipinski definition) is 1. The van der Waals surface area contributed by atoms with Gasteiger partial charge in [0.25, 0.3) is 0 Å². The van der Waals surface area contributed by atoms with Crippen LogP contribution in [-0.2, 0) is 9.53 Å². The van der Waals surface area contributed by atoms with Crippen molar-refractivity contribution in [1.82, 2.24) is 0 Å². The zero-order valence-corrected chi connectivity index (χ0v) is 6.76. The highest BCUT2D eigenvalue weighted by Gasteiger charge is 2.07. The first-order chi connectivity index (χ1) is 5.29. The second-order valence-corrected chi connectivity index (χ2v) is 3.03. The lowest BCUT2D eigenvalue weighted by molar-refractivity contribution is -0.136. The Morgan fingerprint density at radius 3 is 3.18 bits per heavy atom. The highest BCUT2D eigenvalue weighted by molar-refractivity contribution is 8.13. The molecule has 1 aliphatic heterocycles. The van der Waals surface area contributed by atoms with Crippen molar-refractivity contribution in [2.75, 3.05) is 18.9 Å². The minimum Gasteiger partial charge on any atom is -0.481 e. The predicted octanol–water partition coefficient (Wildman–Crippen LogP) is 0.581. The minimum absolute atomic E-state index is 0.160. The number of hydrogen-bond acceptors (Lipinski definition) is 4. The Bertz CT molecular complexity index is 181. The first-order valence-electron chi connectivity index (χ1n) is 3.31. The van der Waals surface area contributed by atoms with Gasteiger partial charge in [0.2, 0.25) is 5.23 Å². The van der Waals surface area contributed by atoms with Crippen LogP contribution < -0.4 is 0 Å². The molecule has 0 fully saturated rings. The fourth-order valence-corrected chi connectivity index (χ4v) is 1.43. The van der Waals surface area contributed by atoms with E-state index in [1.165, 1.54) is 11.8 Å². The average Bonchev–Trinajstić information content (AvgIpc) is 2.39. The number of nitrogens with zero attached hydrogens (tertiary/aromatic N) is 1. The summed E-state index contributed by atoms with van der Waals surface area (Å²) in [6.07, 6.45) is 0.160. The maximum atomic E-state index is 10.1. The zero-order valence-electron chi connectivity index (χ0n) is 5.95. The third kappa shape index (κ3) is 3.27. The third-order valence-corrected chi connectivity index (χ3v) is 2.00. The van der Waals surface area contributed by atoms with Gasteiger partial charge in [0.1, 0.15) is 6.61 Å². The van der Waals surface area contributed by atoms with Gasteiger partial charge in [-0.15, -0.1) is 0 Å². The largest absolute Gasteiger partial charge is 0.481 e. The molecule has 5 heteroatoms. The summed E-state index contributed by atoms with van der Waals surface area (Å²) >= 11 is 1.36. The molecule has 0 unspecified atom stereocenters. The van der Waals surface area contributed by atoms with Gasteiger partial charge in [-0.25, -0.2) is 4.99 Å². The fraction of sp³-hybridized carbons (Fsp3) is 0.667. The Balaban J connectivity index is 2.07. The van der Waals surface area contributed by atoms with Gasteiger partial charge in [-0.2, -0.15) is 0 Å². The van der Waals surface area contributed by atoms with E-state index in [1.807, 2.05) is 0 Å². The van der Waals surface area contributed by atoms with E-state index in [1.54, 1.807) is 0 Å². The molecule has 0 amide bonds. The Morgan fingerprint density at radius 1 is 1.82 bits per heavy atom. The molecule has 1 rings (SSSR count). The second-order valence-electron chi connectivity index (χ2n) is 1.99. The second kappa shape index (κ2) is 4.23. The molecule has 1 N–H and O–H groups in total. The number of ether oxygens (including phenoxy) is 1. The van der Waals surface area contributed by atoms with Crippen LogP contribution in [0.15, 0.2) is 4.99 Å². The van der Waals surface area contributed by atoms with E-state index in [4.69, 9.17) is 9.84 Å². The summed E-state index contributed by atoms with van der Waals surface area (Å²) in [5.74, 6) is -0.246. The van der Waals surface area contributed by atoms with Crippen molar-refractivity contribution in [2.45, 2.75) is 6.42 Å². The van der Waals surface area contributed by atoms with Crippen LogP contribution in [0.25, 0.3) is 0 Å². The molecule has 0 saturated heterocycles. The Kier molecular flexibility index (Phi) is 3.22. The lowest BCUT2D eigenvalue weighted by Crippen LogP contribution is -1.99. The number of aliphatic carboxylic acids is 1. The summed E-state index contributed by atoms with van der Waals surface area (Å²) in [6.45, 7) is 1.34. The quantitative estimate of drug-likeness (QED) is 0.681. The Morgan fingerprint density at radius 2 is 2.64 bits per heavy atom. The first-order valence-corrected chi connectivity index (χ1v) is 4.29. The van der Waals surface area contributed by atoms with Crippen molar-refractivity contribution in [2.24, 2.45) is 4.99 Å². The van der Waals surface area contributed by atoms with Crippen molar-refractivity contribution in [3.05, 3.63) is 0 Å². The first kappa shape index (κ1) is 8.39. The van der Waals surface area contributed by atoms with E-state index in [0.29, 0.717) is 24.1 Å². The molecule has 0 atom stereocenters. The Labute approximate surface area is 68.6 Å². The maximum Gasteiger partial charge on any atom is 0.304 e. The van der Waals surface area contributed by atoms with Gasteiger partial charge in [-0.05, 0) is 0 Å². The highest BCUT2D eigenvalue weighted by Crippen LogP contribution is 2.10.